The number of aliphatic hydroxyl groups is 1. The SMILES string of the molecule is CN1CC(=O)N(CCC2CCCC2O)CC1=O. The Hall–Kier alpha value is -1.10. The predicted octanol–water partition coefficient (Wildman–Crippen LogP) is -0.162. The van der Waals surface area contributed by atoms with Gasteiger partial charge in [0.05, 0.1) is 19.2 Å². The molecule has 2 fully saturated rings. The molecule has 1 aliphatic carbocycles. The molecule has 2 aliphatic rings. The minimum Gasteiger partial charge on any atom is -0.393 e. The second-order valence-electron chi connectivity index (χ2n) is 5.11. The molecule has 2 rings (SSSR count). The molecule has 96 valence electrons. The Morgan fingerprint density at radius 2 is 2.00 bits per heavy atom. The maximum atomic E-state index is 11.7. The average Bonchev–Trinajstić information content (AvgIpc) is 2.68. The van der Waals surface area contributed by atoms with Crippen LogP contribution in [0.1, 0.15) is 25.7 Å². The summed E-state index contributed by atoms with van der Waals surface area (Å²) in [7, 11) is 1.65. The van der Waals surface area contributed by atoms with Gasteiger partial charge in [0.25, 0.3) is 0 Å². The highest BCUT2D eigenvalue weighted by Gasteiger charge is 2.30. The number of rotatable bonds is 3. The molecule has 1 saturated carbocycles. The Kier molecular flexibility index (Phi) is 3.66. The lowest BCUT2D eigenvalue weighted by atomic mass is 10.0. The van der Waals surface area contributed by atoms with Crippen molar-refractivity contribution >= 4 is 11.8 Å². The first-order valence-electron chi connectivity index (χ1n) is 6.27. The van der Waals surface area contributed by atoms with E-state index in [0.717, 1.165) is 25.7 Å². The van der Waals surface area contributed by atoms with E-state index in [1.54, 1.807) is 11.9 Å². The molecule has 0 radical (unpaired) electrons. The van der Waals surface area contributed by atoms with Crippen LogP contribution in [-0.4, -0.2) is 59.5 Å². The number of nitrogens with zero attached hydrogens (tertiary/aromatic N) is 2. The molecule has 1 heterocycles. The number of carbonyl (C=O) groups excluding carboxylic acids is 2. The second-order valence-corrected chi connectivity index (χ2v) is 5.11. The van der Waals surface area contributed by atoms with Crippen LogP contribution in [-0.2, 0) is 9.59 Å². The smallest absolute Gasteiger partial charge is 0.242 e. The van der Waals surface area contributed by atoms with Gasteiger partial charge in [0.2, 0.25) is 11.8 Å². The van der Waals surface area contributed by atoms with Gasteiger partial charge in [-0.15, -0.1) is 0 Å². The molecular formula is C12H20N2O3. The molecule has 2 atom stereocenters. The van der Waals surface area contributed by atoms with Crippen LogP contribution in [0.15, 0.2) is 0 Å². The summed E-state index contributed by atoms with van der Waals surface area (Å²) in [6, 6.07) is 0. The van der Waals surface area contributed by atoms with Crippen LogP contribution in [0.5, 0.6) is 0 Å². The summed E-state index contributed by atoms with van der Waals surface area (Å²) in [5, 5.41) is 9.70. The molecule has 0 bridgehead atoms. The largest absolute Gasteiger partial charge is 0.393 e. The van der Waals surface area contributed by atoms with Crippen molar-refractivity contribution in [3.8, 4) is 0 Å². The van der Waals surface area contributed by atoms with Crippen molar-refractivity contribution in [2.75, 3.05) is 26.7 Å². The molecule has 0 spiro atoms. The van der Waals surface area contributed by atoms with Crippen molar-refractivity contribution in [1.82, 2.24) is 9.80 Å². The van der Waals surface area contributed by atoms with Crippen molar-refractivity contribution in [2.24, 2.45) is 5.92 Å². The summed E-state index contributed by atoms with van der Waals surface area (Å²) < 4.78 is 0. The maximum absolute atomic E-state index is 11.7. The van der Waals surface area contributed by atoms with E-state index in [2.05, 4.69) is 0 Å². The Morgan fingerprint density at radius 1 is 1.24 bits per heavy atom. The lowest BCUT2D eigenvalue weighted by molar-refractivity contribution is -0.149. The summed E-state index contributed by atoms with van der Waals surface area (Å²) in [5.74, 6) is 0.314. The minimum atomic E-state index is -0.215. The summed E-state index contributed by atoms with van der Waals surface area (Å²) in [6.45, 7) is 0.977. The Morgan fingerprint density at radius 3 is 2.65 bits per heavy atom. The van der Waals surface area contributed by atoms with E-state index < -0.39 is 0 Å². The Labute approximate surface area is 101 Å². The van der Waals surface area contributed by atoms with Crippen LogP contribution >= 0.6 is 0 Å². The fourth-order valence-corrected chi connectivity index (χ4v) is 2.64. The first kappa shape index (κ1) is 12.4. The first-order valence-corrected chi connectivity index (χ1v) is 6.27. The van der Waals surface area contributed by atoms with E-state index in [4.69, 9.17) is 0 Å². The molecule has 1 aliphatic heterocycles. The molecule has 2 unspecified atom stereocenters. The third-order valence-corrected chi connectivity index (χ3v) is 3.87. The summed E-state index contributed by atoms with van der Waals surface area (Å²) in [6.07, 6.45) is 3.58. The highest BCUT2D eigenvalue weighted by atomic mass is 16.3. The quantitative estimate of drug-likeness (QED) is 0.745. The number of hydrogen-bond donors (Lipinski definition) is 1. The third-order valence-electron chi connectivity index (χ3n) is 3.87. The van der Waals surface area contributed by atoms with Gasteiger partial charge in [0.1, 0.15) is 0 Å². The monoisotopic (exact) mass is 240 g/mol. The number of likely N-dealkylation sites (N-methyl/N-ethyl adjacent to an activating group) is 1. The van der Waals surface area contributed by atoms with Gasteiger partial charge in [-0.3, -0.25) is 9.59 Å². The van der Waals surface area contributed by atoms with Crippen LogP contribution < -0.4 is 0 Å². The summed E-state index contributed by atoms with van der Waals surface area (Å²) in [4.78, 5) is 26.3. The number of piperazine rings is 1. The lowest BCUT2D eigenvalue weighted by Gasteiger charge is -2.32. The fraction of sp³-hybridized carbons (Fsp3) is 0.833. The molecule has 1 saturated heterocycles. The normalized spacial score (nSPS) is 30.2. The number of aliphatic hydroxyl groups excluding tert-OH is 1. The van der Waals surface area contributed by atoms with Crippen LogP contribution in [0.2, 0.25) is 0 Å². The van der Waals surface area contributed by atoms with Crippen LogP contribution in [0.4, 0.5) is 0 Å². The van der Waals surface area contributed by atoms with Gasteiger partial charge in [0, 0.05) is 13.6 Å². The molecule has 1 N–H and O–H groups in total. The number of carbonyl (C=O) groups is 2. The zero-order chi connectivity index (χ0) is 12.4. The van der Waals surface area contributed by atoms with Crippen molar-refractivity contribution in [3.05, 3.63) is 0 Å². The van der Waals surface area contributed by atoms with Crippen molar-refractivity contribution in [2.45, 2.75) is 31.8 Å². The summed E-state index contributed by atoms with van der Waals surface area (Å²) in [5.41, 5.74) is 0. The maximum Gasteiger partial charge on any atom is 0.242 e. The van der Waals surface area contributed by atoms with Gasteiger partial charge in [0.15, 0.2) is 0 Å². The second kappa shape index (κ2) is 5.04. The topological polar surface area (TPSA) is 60.9 Å². The Balaban J connectivity index is 1.82. The van der Waals surface area contributed by atoms with Crippen molar-refractivity contribution in [3.63, 3.8) is 0 Å². The number of hydrogen-bond acceptors (Lipinski definition) is 3. The van der Waals surface area contributed by atoms with Gasteiger partial charge in [-0.1, -0.05) is 6.42 Å². The summed E-state index contributed by atoms with van der Waals surface area (Å²) >= 11 is 0. The van der Waals surface area contributed by atoms with Gasteiger partial charge in [-0.25, -0.2) is 0 Å². The lowest BCUT2D eigenvalue weighted by Crippen LogP contribution is -2.52. The van der Waals surface area contributed by atoms with E-state index in [1.165, 1.54) is 4.90 Å². The standard InChI is InChI=1S/C12H20N2O3/c1-13-7-12(17)14(8-11(13)16)6-5-9-3-2-4-10(9)15/h9-10,15H,2-8H2,1H3. The molecule has 0 aromatic heterocycles. The van der Waals surface area contributed by atoms with Gasteiger partial charge >= 0.3 is 0 Å². The van der Waals surface area contributed by atoms with Gasteiger partial charge in [-0.2, -0.15) is 0 Å². The third kappa shape index (κ3) is 2.77. The molecule has 0 aromatic carbocycles. The van der Waals surface area contributed by atoms with E-state index in [-0.39, 0.29) is 31.0 Å². The highest BCUT2D eigenvalue weighted by molar-refractivity contribution is 5.92. The minimum absolute atomic E-state index is 0.00318. The molecule has 0 aromatic rings. The molecule has 5 heteroatoms. The highest BCUT2D eigenvalue weighted by Crippen LogP contribution is 2.28. The van der Waals surface area contributed by atoms with Crippen LogP contribution in [0, 0.1) is 5.92 Å². The zero-order valence-corrected chi connectivity index (χ0v) is 10.3. The van der Waals surface area contributed by atoms with Gasteiger partial charge in [-0.05, 0) is 25.2 Å². The first-order chi connectivity index (χ1) is 8.08. The van der Waals surface area contributed by atoms with Crippen molar-refractivity contribution in [1.29, 1.82) is 0 Å². The van der Waals surface area contributed by atoms with Crippen LogP contribution in [0.3, 0.4) is 0 Å². The Bertz CT molecular complexity index is 319. The molecular weight excluding hydrogens is 220 g/mol. The fourth-order valence-electron chi connectivity index (χ4n) is 2.64. The van der Waals surface area contributed by atoms with E-state index >= 15 is 0 Å². The zero-order valence-electron chi connectivity index (χ0n) is 10.3. The molecule has 5 nitrogen and oxygen atoms in total. The van der Waals surface area contributed by atoms with Crippen molar-refractivity contribution < 1.29 is 14.7 Å². The average molecular weight is 240 g/mol. The van der Waals surface area contributed by atoms with E-state index in [0.29, 0.717) is 12.5 Å². The van der Waals surface area contributed by atoms with E-state index in [9.17, 15) is 14.7 Å². The van der Waals surface area contributed by atoms with E-state index in [1.807, 2.05) is 0 Å². The predicted molar refractivity (Wildman–Crippen MR) is 62.2 cm³/mol. The molecule has 2 amide bonds. The van der Waals surface area contributed by atoms with Gasteiger partial charge < -0.3 is 14.9 Å². The molecule has 17 heavy (non-hydrogen) atoms. The van der Waals surface area contributed by atoms with Crippen LogP contribution in [0.25, 0.3) is 0 Å². The number of amides is 2.